The van der Waals surface area contributed by atoms with Gasteiger partial charge in [-0.05, 0) is 30.2 Å². The van der Waals surface area contributed by atoms with E-state index in [0.29, 0.717) is 12.5 Å². The van der Waals surface area contributed by atoms with Crippen LogP contribution in [0.2, 0.25) is 0 Å². The summed E-state index contributed by atoms with van der Waals surface area (Å²) in [7, 11) is 1.70. The lowest BCUT2D eigenvalue weighted by Crippen LogP contribution is -2.45. The van der Waals surface area contributed by atoms with Gasteiger partial charge in [0.25, 0.3) is 0 Å². The molecule has 2 atom stereocenters. The number of carbonyl (C=O) groups is 1. The van der Waals surface area contributed by atoms with Crippen molar-refractivity contribution in [1.29, 1.82) is 0 Å². The second kappa shape index (κ2) is 5.13. The fourth-order valence-electron chi connectivity index (χ4n) is 3.00. The fourth-order valence-corrected chi connectivity index (χ4v) is 3.78. The molecule has 1 aliphatic carbocycles. The number of hydrogen-bond donors (Lipinski definition) is 1. The summed E-state index contributed by atoms with van der Waals surface area (Å²) in [5, 5.41) is 5.64. The Bertz CT molecular complexity index is 482. The third-order valence-electron chi connectivity index (χ3n) is 4.36. The molecule has 1 amide bonds. The van der Waals surface area contributed by atoms with Crippen LogP contribution in [0.4, 0.5) is 0 Å². The Morgan fingerprint density at radius 3 is 2.80 bits per heavy atom. The number of amides is 1. The highest BCUT2D eigenvalue weighted by Crippen LogP contribution is 2.47. The van der Waals surface area contributed by atoms with Gasteiger partial charge in [0.1, 0.15) is 11.7 Å². The molecule has 20 heavy (non-hydrogen) atoms. The third-order valence-corrected chi connectivity index (χ3v) is 5.29. The predicted molar refractivity (Wildman–Crippen MR) is 79.5 cm³/mol. The van der Waals surface area contributed by atoms with Crippen LogP contribution in [0.25, 0.3) is 0 Å². The van der Waals surface area contributed by atoms with E-state index in [2.05, 4.69) is 30.6 Å². The van der Waals surface area contributed by atoms with Crippen molar-refractivity contribution in [2.24, 2.45) is 5.92 Å². The van der Waals surface area contributed by atoms with Crippen molar-refractivity contribution in [1.82, 2.24) is 10.2 Å². The Labute approximate surface area is 124 Å². The lowest BCUT2D eigenvalue weighted by Gasteiger charge is -2.34. The number of hydrogen-bond acceptors (Lipinski definition) is 4. The number of carbonyl (C=O) groups excluding carboxylic acids is 1. The second-order valence-corrected chi connectivity index (χ2v) is 7.10. The Morgan fingerprint density at radius 1 is 1.55 bits per heavy atom. The number of nitrogens with zero attached hydrogens (tertiary/aromatic N) is 1. The minimum atomic E-state index is -0.282. The van der Waals surface area contributed by atoms with E-state index in [0.717, 1.165) is 12.8 Å². The molecular weight excluding hydrogens is 272 g/mol. The average molecular weight is 294 g/mol. The van der Waals surface area contributed by atoms with E-state index >= 15 is 0 Å². The largest absolute Gasteiger partial charge is 0.383 e. The van der Waals surface area contributed by atoms with Gasteiger partial charge in [-0.1, -0.05) is 19.9 Å². The molecule has 0 bridgehead atoms. The minimum absolute atomic E-state index is 0.00699. The normalized spacial score (nSPS) is 25.7. The molecule has 1 aliphatic heterocycles. The van der Waals surface area contributed by atoms with Crippen molar-refractivity contribution in [2.75, 3.05) is 13.7 Å². The summed E-state index contributed by atoms with van der Waals surface area (Å²) in [4.78, 5) is 16.1. The van der Waals surface area contributed by atoms with Crippen LogP contribution in [0.5, 0.6) is 0 Å². The standard InChI is InChI=1S/C15H22N2O2S/c1-10(2)11(9-19-3)17-13(12-5-4-8-20-12)16-15(6-7-15)14(17)18/h4-5,8,10-11,13,16H,6-7,9H2,1-3H3. The smallest absolute Gasteiger partial charge is 0.244 e. The van der Waals surface area contributed by atoms with Crippen LogP contribution in [-0.2, 0) is 9.53 Å². The fraction of sp³-hybridized carbons (Fsp3) is 0.667. The van der Waals surface area contributed by atoms with E-state index < -0.39 is 0 Å². The zero-order chi connectivity index (χ0) is 14.3. The summed E-state index contributed by atoms with van der Waals surface area (Å²) in [5.74, 6) is 0.628. The van der Waals surface area contributed by atoms with Gasteiger partial charge in [-0.25, -0.2) is 0 Å². The molecule has 2 heterocycles. The molecule has 1 aromatic heterocycles. The summed E-state index contributed by atoms with van der Waals surface area (Å²) >= 11 is 1.70. The molecule has 1 spiro atoms. The SMILES string of the molecule is COCC(C(C)C)N1C(=O)C2(CC2)NC1c1cccs1. The van der Waals surface area contributed by atoms with Crippen molar-refractivity contribution in [3.8, 4) is 0 Å². The van der Waals surface area contributed by atoms with E-state index in [1.165, 1.54) is 4.88 Å². The number of nitrogens with one attached hydrogen (secondary N) is 1. The second-order valence-electron chi connectivity index (χ2n) is 6.12. The molecule has 110 valence electrons. The molecule has 2 fully saturated rings. The zero-order valence-electron chi connectivity index (χ0n) is 12.3. The molecule has 4 nitrogen and oxygen atoms in total. The molecule has 1 saturated heterocycles. The molecule has 5 heteroatoms. The third kappa shape index (κ3) is 2.18. The molecule has 1 N–H and O–H groups in total. The molecular formula is C15H22N2O2S. The Balaban J connectivity index is 1.93. The van der Waals surface area contributed by atoms with Crippen LogP contribution < -0.4 is 5.32 Å². The van der Waals surface area contributed by atoms with E-state index in [1.807, 2.05) is 11.0 Å². The maximum Gasteiger partial charge on any atom is 0.244 e. The van der Waals surface area contributed by atoms with E-state index in [9.17, 15) is 4.79 Å². The summed E-state index contributed by atoms with van der Waals surface area (Å²) < 4.78 is 5.36. The molecule has 1 aromatic rings. The number of methoxy groups -OCH3 is 1. The summed E-state index contributed by atoms with van der Waals surface area (Å²) in [5.41, 5.74) is -0.282. The van der Waals surface area contributed by atoms with Crippen molar-refractivity contribution in [2.45, 2.75) is 44.4 Å². The van der Waals surface area contributed by atoms with Gasteiger partial charge in [-0.3, -0.25) is 10.1 Å². The van der Waals surface area contributed by atoms with Gasteiger partial charge in [-0.2, -0.15) is 0 Å². The summed E-state index contributed by atoms with van der Waals surface area (Å²) in [6.45, 7) is 4.89. The summed E-state index contributed by atoms with van der Waals surface area (Å²) in [6.07, 6.45) is 1.93. The quantitative estimate of drug-likeness (QED) is 0.906. The average Bonchev–Trinajstić information content (AvgIpc) is 2.89. The van der Waals surface area contributed by atoms with Crippen molar-refractivity contribution >= 4 is 17.2 Å². The van der Waals surface area contributed by atoms with Gasteiger partial charge >= 0.3 is 0 Å². The highest BCUT2D eigenvalue weighted by Gasteiger charge is 2.60. The Kier molecular flexibility index (Phi) is 3.60. The van der Waals surface area contributed by atoms with Crippen molar-refractivity contribution < 1.29 is 9.53 Å². The van der Waals surface area contributed by atoms with E-state index in [4.69, 9.17) is 4.74 Å². The lowest BCUT2D eigenvalue weighted by atomic mass is 10.0. The first-order valence-corrected chi connectivity index (χ1v) is 8.10. The number of thiophene rings is 1. The molecule has 3 rings (SSSR count). The minimum Gasteiger partial charge on any atom is -0.383 e. The maximum atomic E-state index is 12.8. The monoisotopic (exact) mass is 294 g/mol. The van der Waals surface area contributed by atoms with Crippen LogP contribution >= 0.6 is 11.3 Å². The molecule has 0 aromatic carbocycles. The van der Waals surface area contributed by atoms with Crippen LogP contribution in [0.1, 0.15) is 37.7 Å². The summed E-state index contributed by atoms with van der Waals surface area (Å²) in [6, 6.07) is 4.27. The van der Waals surface area contributed by atoms with Gasteiger partial charge in [0, 0.05) is 12.0 Å². The predicted octanol–water partition coefficient (Wildman–Crippen LogP) is 2.38. The van der Waals surface area contributed by atoms with Gasteiger partial charge in [-0.15, -0.1) is 11.3 Å². The zero-order valence-corrected chi connectivity index (χ0v) is 13.1. The van der Waals surface area contributed by atoms with Crippen molar-refractivity contribution in [3.63, 3.8) is 0 Å². The Morgan fingerprint density at radius 2 is 2.30 bits per heavy atom. The van der Waals surface area contributed by atoms with Crippen LogP contribution in [0.15, 0.2) is 17.5 Å². The molecule has 1 saturated carbocycles. The van der Waals surface area contributed by atoms with Gasteiger partial charge in [0.15, 0.2) is 0 Å². The van der Waals surface area contributed by atoms with E-state index in [-0.39, 0.29) is 23.7 Å². The maximum absolute atomic E-state index is 12.8. The van der Waals surface area contributed by atoms with Crippen LogP contribution in [0, 0.1) is 5.92 Å². The Hall–Kier alpha value is -0.910. The van der Waals surface area contributed by atoms with Gasteiger partial charge < -0.3 is 9.64 Å². The van der Waals surface area contributed by atoms with Crippen LogP contribution in [-0.4, -0.2) is 36.1 Å². The van der Waals surface area contributed by atoms with Gasteiger partial charge in [0.05, 0.1) is 12.6 Å². The number of ether oxygens (including phenoxy) is 1. The van der Waals surface area contributed by atoms with Crippen LogP contribution in [0.3, 0.4) is 0 Å². The van der Waals surface area contributed by atoms with Crippen molar-refractivity contribution in [3.05, 3.63) is 22.4 Å². The first-order chi connectivity index (χ1) is 9.59. The highest BCUT2D eigenvalue weighted by atomic mass is 32.1. The number of rotatable bonds is 5. The topological polar surface area (TPSA) is 41.6 Å². The highest BCUT2D eigenvalue weighted by molar-refractivity contribution is 7.10. The van der Waals surface area contributed by atoms with E-state index in [1.54, 1.807) is 18.4 Å². The molecule has 2 aliphatic rings. The first-order valence-electron chi connectivity index (χ1n) is 7.22. The lowest BCUT2D eigenvalue weighted by molar-refractivity contribution is -0.135. The van der Waals surface area contributed by atoms with Gasteiger partial charge in [0.2, 0.25) is 5.91 Å². The molecule has 0 radical (unpaired) electrons. The molecule has 2 unspecified atom stereocenters. The first kappa shape index (κ1) is 14.0.